The minimum Gasteiger partial charge on any atom is -0.481 e. The molecular formula is C21H23ClN2O4. The Labute approximate surface area is 169 Å². The predicted octanol–water partition coefficient (Wildman–Crippen LogP) is 3.65. The van der Waals surface area contributed by atoms with Crippen LogP contribution in [0.25, 0.3) is 0 Å². The lowest BCUT2D eigenvalue weighted by molar-refractivity contribution is -0.122. The molecule has 0 saturated carbocycles. The molecule has 28 heavy (non-hydrogen) atoms. The lowest BCUT2D eigenvalue weighted by Crippen LogP contribution is -2.34. The van der Waals surface area contributed by atoms with Gasteiger partial charge in [0.2, 0.25) is 0 Å². The molecule has 2 aromatic carbocycles. The van der Waals surface area contributed by atoms with E-state index in [1.165, 1.54) is 0 Å². The number of benzene rings is 2. The van der Waals surface area contributed by atoms with Crippen molar-refractivity contribution in [1.29, 1.82) is 0 Å². The fraction of sp³-hybridized carbons (Fsp3) is 0.333. The zero-order chi connectivity index (χ0) is 19.9. The van der Waals surface area contributed by atoms with Gasteiger partial charge in [-0.15, -0.1) is 0 Å². The summed E-state index contributed by atoms with van der Waals surface area (Å²) in [6.07, 6.45) is 1.26. The summed E-state index contributed by atoms with van der Waals surface area (Å²) in [5.74, 6) is -0.0679. The summed E-state index contributed by atoms with van der Waals surface area (Å²) in [6.45, 7) is 2.83. The van der Waals surface area contributed by atoms with Crippen LogP contribution in [-0.4, -0.2) is 37.2 Å². The Balaban J connectivity index is 1.60. The van der Waals surface area contributed by atoms with E-state index in [1.54, 1.807) is 55.5 Å². The molecule has 1 saturated heterocycles. The van der Waals surface area contributed by atoms with E-state index in [4.69, 9.17) is 21.1 Å². The molecule has 2 aromatic rings. The van der Waals surface area contributed by atoms with Gasteiger partial charge in [0, 0.05) is 18.2 Å². The lowest BCUT2D eigenvalue weighted by Gasteiger charge is -2.17. The Morgan fingerprint density at radius 3 is 2.68 bits per heavy atom. The summed E-state index contributed by atoms with van der Waals surface area (Å²) in [5, 5.41) is 6.23. The van der Waals surface area contributed by atoms with Gasteiger partial charge in [0.05, 0.1) is 17.4 Å². The van der Waals surface area contributed by atoms with Gasteiger partial charge in [0.15, 0.2) is 6.10 Å². The average molecular weight is 403 g/mol. The van der Waals surface area contributed by atoms with E-state index < -0.39 is 6.10 Å². The van der Waals surface area contributed by atoms with E-state index in [-0.39, 0.29) is 17.9 Å². The maximum atomic E-state index is 12.5. The molecule has 1 fully saturated rings. The maximum Gasteiger partial charge on any atom is 0.265 e. The SMILES string of the molecule is C[C@@H](Oc1ccc(Cl)cc1)C(=O)Nc1ccccc1C(=O)NC[C@H]1CCCO1. The minimum absolute atomic E-state index is 0.0542. The first-order valence-electron chi connectivity index (χ1n) is 9.25. The summed E-state index contributed by atoms with van der Waals surface area (Å²) < 4.78 is 11.2. The van der Waals surface area contributed by atoms with Crippen LogP contribution in [0.3, 0.4) is 0 Å². The van der Waals surface area contributed by atoms with Gasteiger partial charge < -0.3 is 20.1 Å². The zero-order valence-electron chi connectivity index (χ0n) is 15.6. The molecule has 2 amide bonds. The molecule has 2 atom stereocenters. The van der Waals surface area contributed by atoms with Crippen molar-refractivity contribution >= 4 is 29.1 Å². The van der Waals surface area contributed by atoms with Gasteiger partial charge in [-0.25, -0.2) is 0 Å². The first-order valence-corrected chi connectivity index (χ1v) is 9.62. The van der Waals surface area contributed by atoms with Crippen molar-refractivity contribution in [2.45, 2.75) is 32.0 Å². The molecule has 0 unspecified atom stereocenters. The standard InChI is InChI=1S/C21H23ClN2O4/c1-14(28-16-10-8-15(22)9-11-16)20(25)24-19-7-3-2-6-18(19)21(26)23-13-17-5-4-12-27-17/h2-3,6-11,14,17H,4-5,12-13H2,1H3,(H,23,26)(H,24,25)/t14-,17-/m1/s1. The first-order chi connectivity index (χ1) is 13.5. The maximum absolute atomic E-state index is 12.5. The number of ether oxygens (including phenoxy) is 2. The fourth-order valence-electron chi connectivity index (χ4n) is 2.90. The smallest absolute Gasteiger partial charge is 0.265 e. The first kappa shape index (κ1) is 20.2. The van der Waals surface area contributed by atoms with Crippen LogP contribution in [0.4, 0.5) is 5.69 Å². The van der Waals surface area contributed by atoms with Crippen LogP contribution in [0, 0.1) is 0 Å². The van der Waals surface area contributed by atoms with Gasteiger partial charge >= 0.3 is 0 Å². The quantitative estimate of drug-likeness (QED) is 0.741. The third-order valence-electron chi connectivity index (χ3n) is 4.44. The number of amides is 2. The fourth-order valence-corrected chi connectivity index (χ4v) is 3.03. The van der Waals surface area contributed by atoms with Gasteiger partial charge in [0.25, 0.3) is 11.8 Å². The molecule has 1 aliphatic rings. The molecule has 0 bridgehead atoms. The third-order valence-corrected chi connectivity index (χ3v) is 4.69. The van der Waals surface area contributed by atoms with E-state index in [2.05, 4.69) is 10.6 Å². The number of rotatable bonds is 7. The van der Waals surface area contributed by atoms with E-state index in [0.717, 1.165) is 19.4 Å². The van der Waals surface area contributed by atoms with Crippen LogP contribution in [0.5, 0.6) is 5.75 Å². The van der Waals surface area contributed by atoms with E-state index >= 15 is 0 Å². The number of hydrogen-bond donors (Lipinski definition) is 2. The monoisotopic (exact) mass is 402 g/mol. The normalized spacial score (nSPS) is 17.0. The van der Waals surface area contributed by atoms with Crippen LogP contribution in [0.15, 0.2) is 48.5 Å². The second-order valence-corrected chi connectivity index (χ2v) is 7.03. The average Bonchev–Trinajstić information content (AvgIpc) is 3.22. The highest BCUT2D eigenvalue weighted by atomic mass is 35.5. The van der Waals surface area contributed by atoms with Crippen molar-refractivity contribution in [3.8, 4) is 5.75 Å². The largest absolute Gasteiger partial charge is 0.481 e. The summed E-state index contributed by atoms with van der Waals surface area (Å²) in [4.78, 5) is 25.0. The molecule has 2 N–H and O–H groups in total. The Hall–Kier alpha value is -2.57. The van der Waals surface area contributed by atoms with Crippen molar-refractivity contribution in [2.75, 3.05) is 18.5 Å². The molecule has 0 radical (unpaired) electrons. The van der Waals surface area contributed by atoms with E-state index in [0.29, 0.717) is 28.6 Å². The number of nitrogens with one attached hydrogen (secondary N) is 2. The lowest BCUT2D eigenvalue weighted by atomic mass is 10.1. The van der Waals surface area contributed by atoms with Crippen LogP contribution < -0.4 is 15.4 Å². The predicted molar refractivity (Wildman–Crippen MR) is 108 cm³/mol. The molecule has 0 aromatic heterocycles. The molecule has 6 nitrogen and oxygen atoms in total. The van der Waals surface area contributed by atoms with E-state index in [9.17, 15) is 9.59 Å². The summed E-state index contributed by atoms with van der Waals surface area (Å²) in [7, 11) is 0. The molecular weight excluding hydrogens is 380 g/mol. The highest BCUT2D eigenvalue weighted by Crippen LogP contribution is 2.19. The van der Waals surface area contributed by atoms with Gasteiger partial charge in [-0.1, -0.05) is 23.7 Å². The second kappa shape index (κ2) is 9.57. The summed E-state index contributed by atoms with van der Waals surface area (Å²) >= 11 is 5.85. The molecule has 7 heteroatoms. The summed E-state index contributed by atoms with van der Waals surface area (Å²) in [5.41, 5.74) is 0.830. The Morgan fingerprint density at radius 1 is 1.21 bits per heavy atom. The number of anilines is 1. The van der Waals surface area contributed by atoms with Crippen molar-refractivity contribution in [3.63, 3.8) is 0 Å². The van der Waals surface area contributed by atoms with Crippen LogP contribution in [0.1, 0.15) is 30.1 Å². The number of carbonyl (C=O) groups excluding carboxylic acids is 2. The number of hydrogen-bond acceptors (Lipinski definition) is 4. The van der Waals surface area contributed by atoms with Crippen molar-refractivity contribution < 1.29 is 19.1 Å². The molecule has 3 rings (SSSR count). The van der Waals surface area contributed by atoms with Crippen LogP contribution in [-0.2, 0) is 9.53 Å². The molecule has 1 heterocycles. The van der Waals surface area contributed by atoms with Crippen LogP contribution >= 0.6 is 11.6 Å². The second-order valence-electron chi connectivity index (χ2n) is 6.59. The van der Waals surface area contributed by atoms with Crippen molar-refractivity contribution in [3.05, 3.63) is 59.1 Å². The van der Waals surface area contributed by atoms with E-state index in [1.807, 2.05) is 0 Å². The molecule has 1 aliphatic heterocycles. The Bertz CT molecular complexity index is 819. The van der Waals surface area contributed by atoms with Crippen LogP contribution in [0.2, 0.25) is 5.02 Å². The number of halogens is 1. The zero-order valence-corrected chi connectivity index (χ0v) is 16.4. The molecule has 0 aliphatic carbocycles. The van der Waals surface area contributed by atoms with Crippen molar-refractivity contribution in [2.24, 2.45) is 0 Å². The molecule has 148 valence electrons. The highest BCUT2D eigenvalue weighted by Gasteiger charge is 2.20. The highest BCUT2D eigenvalue weighted by molar-refractivity contribution is 6.30. The van der Waals surface area contributed by atoms with Gasteiger partial charge in [0.1, 0.15) is 5.75 Å². The Morgan fingerprint density at radius 2 is 1.96 bits per heavy atom. The number of carbonyl (C=O) groups is 2. The minimum atomic E-state index is -0.746. The summed E-state index contributed by atoms with van der Waals surface area (Å²) in [6, 6.07) is 13.6. The number of para-hydroxylation sites is 1. The van der Waals surface area contributed by atoms with Gasteiger partial charge in [-0.2, -0.15) is 0 Å². The third kappa shape index (κ3) is 5.47. The van der Waals surface area contributed by atoms with Crippen molar-refractivity contribution in [1.82, 2.24) is 5.32 Å². The van der Waals surface area contributed by atoms with Gasteiger partial charge in [-0.3, -0.25) is 9.59 Å². The molecule has 0 spiro atoms. The van der Waals surface area contributed by atoms with Gasteiger partial charge in [-0.05, 0) is 56.2 Å². The topological polar surface area (TPSA) is 76.7 Å². The Kier molecular flexibility index (Phi) is 6.90.